The highest BCUT2D eigenvalue weighted by molar-refractivity contribution is 7.94. The molecule has 0 amide bonds. The minimum atomic E-state index is -3.91. The van der Waals surface area contributed by atoms with Gasteiger partial charge in [0.25, 0.3) is 0 Å². The van der Waals surface area contributed by atoms with Gasteiger partial charge < -0.3 is 5.11 Å². The average Bonchev–Trinajstić information content (AvgIpc) is 2.98. The zero-order valence-corrected chi connectivity index (χ0v) is 9.00. The Morgan fingerprint density at radius 3 is 2.12 bits per heavy atom. The van der Waals surface area contributed by atoms with E-state index < -0.39 is 26.4 Å². The number of aliphatic carboxylic acids is 1. The molecule has 0 spiro atoms. The molecule has 2 rings (SSSR count). The number of halogens is 1. The summed E-state index contributed by atoms with van der Waals surface area (Å²) in [6, 6.07) is 4.19. The first-order chi connectivity index (χ1) is 7.40. The first kappa shape index (κ1) is 11.1. The van der Waals surface area contributed by atoms with Crippen LogP contribution < -0.4 is 0 Å². The number of carboxylic acids is 1. The Morgan fingerprint density at radius 1 is 1.25 bits per heavy atom. The van der Waals surface area contributed by atoms with E-state index in [4.69, 9.17) is 5.11 Å². The van der Waals surface area contributed by atoms with E-state index in [2.05, 4.69) is 0 Å². The number of hydrogen-bond acceptors (Lipinski definition) is 3. The normalized spacial score (nSPS) is 18.1. The van der Waals surface area contributed by atoms with Gasteiger partial charge in [-0.1, -0.05) is 0 Å². The maximum atomic E-state index is 12.6. The Labute approximate surface area is 91.6 Å². The molecule has 1 N–H and O–H groups in total. The summed E-state index contributed by atoms with van der Waals surface area (Å²) >= 11 is 0. The number of sulfone groups is 1. The molecule has 0 heterocycles. The van der Waals surface area contributed by atoms with E-state index in [1.54, 1.807) is 0 Å². The second kappa shape index (κ2) is 3.28. The van der Waals surface area contributed by atoms with Crippen molar-refractivity contribution in [1.29, 1.82) is 0 Å². The molecular weight excluding hydrogens is 235 g/mol. The second-order valence-corrected chi connectivity index (χ2v) is 6.02. The Balaban J connectivity index is 2.48. The van der Waals surface area contributed by atoms with Gasteiger partial charge in [-0.2, -0.15) is 0 Å². The monoisotopic (exact) mass is 244 g/mol. The van der Waals surface area contributed by atoms with Crippen LogP contribution in [-0.4, -0.2) is 24.2 Å². The molecule has 1 aliphatic carbocycles. The van der Waals surface area contributed by atoms with Crippen LogP contribution in [0.3, 0.4) is 0 Å². The van der Waals surface area contributed by atoms with Gasteiger partial charge in [0.15, 0.2) is 14.6 Å². The summed E-state index contributed by atoms with van der Waals surface area (Å²) in [7, 11) is -3.91. The van der Waals surface area contributed by atoms with Crippen molar-refractivity contribution in [3.05, 3.63) is 30.1 Å². The summed E-state index contributed by atoms with van der Waals surface area (Å²) < 4.78 is 34.9. The number of carbonyl (C=O) groups is 1. The van der Waals surface area contributed by atoms with Gasteiger partial charge in [-0.3, -0.25) is 4.79 Å². The summed E-state index contributed by atoms with van der Waals surface area (Å²) in [5.41, 5.74) is 0. The zero-order valence-electron chi connectivity index (χ0n) is 8.18. The Hall–Kier alpha value is -1.43. The van der Waals surface area contributed by atoms with Crippen molar-refractivity contribution in [3.8, 4) is 0 Å². The van der Waals surface area contributed by atoms with E-state index in [1.807, 2.05) is 0 Å². The highest BCUT2D eigenvalue weighted by Gasteiger charge is 2.61. The van der Waals surface area contributed by atoms with Crippen LogP contribution in [0.2, 0.25) is 0 Å². The molecule has 0 aromatic heterocycles. The topological polar surface area (TPSA) is 71.4 Å². The molecule has 86 valence electrons. The maximum Gasteiger partial charge on any atom is 0.325 e. The van der Waals surface area contributed by atoms with Gasteiger partial charge in [0.05, 0.1) is 4.90 Å². The van der Waals surface area contributed by atoms with Gasteiger partial charge in [-0.05, 0) is 37.1 Å². The first-order valence-corrected chi connectivity index (χ1v) is 6.12. The lowest BCUT2D eigenvalue weighted by Crippen LogP contribution is -2.32. The van der Waals surface area contributed by atoms with Crippen LogP contribution in [0.4, 0.5) is 4.39 Å². The minimum Gasteiger partial charge on any atom is -0.480 e. The Bertz CT molecular complexity index is 528. The molecule has 1 saturated carbocycles. The molecule has 6 heteroatoms. The van der Waals surface area contributed by atoms with E-state index in [0.717, 1.165) is 24.3 Å². The standard InChI is InChI=1S/C10H9FO4S/c11-7-1-3-8(4-2-7)16(14,15)10(5-6-10)9(12)13/h1-4H,5-6H2,(H,12,13). The van der Waals surface area contributed by atoms with Crippen molar-refractivity contribution in [2.24, 2.45) is 0 Å². The van der Waals surface area contributed by atoms with Crippen LogP contribution >= 0.6 is 0 Å². The van der Waals surface area contributed by atoms with E-state index in [9.17, 15) is 17.6 Å². The fourth-order valence-corrected chi connectivity index (χ4v) is 3.37. The van der Waals surface area contributed by atoms with Crippen molar-refractivity contribution < 1.29 is 22.7 Å². The zero-order chi connectivity index (χ0) is 12.0. The molecule has 0 atom stereocenters. The number of benzene rings is 1. The third-order valence-corrected chi connectivity index (χ3v) is 5.24. The molecule has 0 bridgehead atoms. The molecule has 1 aliphatic rings. The lowest BCUT2D eigenvalue weighted by atomic mass is 10.3. The van der Waals surface area contributed by atoms with Gasteiger partial charge in [0.1, 0.15) is 5.82 Å². The number of hydrogen-bond donors (Lipinski definition) is 1. The third-order valence-electron chi connectivity index (χ3n) is 2.73. The van der Waals surface area contributed by atoms with E-state index in [1.165, 1.54) is 0 Å². The van der Waals surface area contributed by atoms with Crippen molar-refractivity contribution >= 4 is 15.8 Å². The molecular formula is C10H9FO4S. The highest BCUT2D eigenvalue weighted by Crippen LogP contribution is 2.46. The van der Waals surface area contributed by atoms with Gasteiger partial charge in [0, 0.05) is 0 Å². The molecule has 1 aromatic rings. The smallest absolute Gasteiger partial charge is 0.325 e. The average molecular weight is 244 g/mol. The van der Waals surface area contributed by atoms with Crippen LogP contribution in [0, 0.1) is 5.82 Å². The van der Waals surface area contributed by atoms with Crippen molar-refractivity contribution in [1.82, 2.24) is 0 Å². The van der Waals surface area contributed by atoms with Crippen LogP contribution in [0.5, 0.6) is 0 Å². The minimum absolute atomic E-state index is 0.113. The van der Waals surface area contributed by atoms with Crippen molar-refractivity contribution in [2.75, 3.05) is 0 Å². The van der Waals surface area contributed by atoms with Crippen LogP contribution in [-0.2, 0) is 14.6 Å². The van der Waals surface area contributed by atoms with Crippen molar-refractivity contribution in [2.45, 2.75) is 22.5 Å². The molecule has 0 radical (unpaired) electrons. The molecule has 0 saturated heterocycles. The van der Waals surface area contributed by atoms with Crippen LogP contribution in [0.25, 0.3) is 0 Å². The summed E-state index contributed by atoms with van der Waals surface area (Å²) in [6.45, 7) is 0. The van der Waals surface area contributed by atoms with E-state index in [-0.39, 0.29) is 17.7 Å². The summed E-state index contributed by atoms with van der Waals surface area (Å²) in [5.74, 6) is -1.89. The molecule has 0 aliphatic heterocycles. The van der Waals surface area contributed by atoms with Crippen molar-refractivity contribution in [3.63, 3.8) is 0 Å². The molecule has 0 unspecified atom stereocenters. The largest absolute Gasteiger partial charge is 0.480 e. The lowest BCUT2D eigenvalue weighted by molar-refractivity contribution is -0.137. The van der Waals surface area contributed by atoms with Gasteiger partial charge >= 0.3 is 5.97 Å². The lowest BCUT2D eigenvalue weighted by Gasteiger charge is -2.11. The summed E-state index contributed by atoms with van der Waals surface area (Å²) in [5, 5.41) is 8.90. The third kappa shape index (κ3) is 1.41. The van der Waals surface area contributed by atoms with Gasteiger partial charge in [0.2, 0.25) is 0 Å². The van der Waals surface area contributed by atoms with Gasteiger partial charge in [-0.25, -0.2) is 12.8 Å². The fraction of sp³-hybridized carbons (Fsp3) is 0.300. The van der Waals surface area contributed by atoms with Gasteiger partial charge in [-0.15, -0.1) is 0 Å². The molecule has 16 heavy (non-hydrogen) atoms. The predicted molar refractivity (Wildman–Crippen MR) is 53.2 cm³/mol. The van der Waals surface area contributed by atoms with E-state index >= 15 is 0 Å². The SMILES string of the molecule is O=C(O)C1(S(=O)(=O)c2ccc(F)cc2)CC1. The van der Waals surface area contributed by atoms with Crippen LogP contribution in [0.15, 0.2) is 29.2 Å². The highest BCUT2D eigenvalue weighted by atomic mass is 32.2. The maximum absolute atomic E-state index is 12.6. The molecule has 4 nitrogen and oxygen atoms in total. The van der Waals surface area contributed by atoms with Crippen LogP contribution in [0.1, 0.15) is 12.8 Å². The number of rotatable bonds is 3. The predicted octanol–water partition coefficient (Wildman–Crippen LogP) is 1.22. The fourth-order valence-electron chi connectivity index (χ4n) is 1.55. The summed E-state index contributed by atoms with van der Waals surface area (Å²) in [4.78, 5) is 10.8. The van der Waals surface area contributed by atoms with E-state index in [0.29, 0.717) is 0 Å². The Kier molecular flexibility index (Phi) is 2.27. The molecule has 1 fully saturated rings. The Morgan fingerprint density at radius 2 is 1.75 bits per heavy atom. The molecule has 1 aromatic carbocycles. The quantitative estimate of drug-likeness (QED) is 0.811. The second-order valence-electron chi connectivity index (χ2n) is 3.76. The summed E-state index contributed by atoms with van der Waals surface area (Å²) in [6.07, 6.45) is 0.226. The number of carboxylic acid groups (broad SMARTS) is 1. The first-order valence-electron chi connectivity index (χ1n) is 4.64.